The molecule has 0 unspecified atom stereocenters. The van der Waals surface area contributed by atoms with E-state index in [0.29, 0.717) is 116 Å². The van der Waals surface area contributed by atoms with Gasteiger partial charge in [-0.3, -0.25) is 86.6 Å². The van der Waals surface area contributed by atoms with Gasteiger partial charge in [0.1, 0.15) is 38.0 Å². The predicted molar refractivity (Wildman–Crippen MR) is 555 cm³/mol. The number of methoxy groups -OCH3 is 1. The molecule has 9 heterocycles. The second kappa shape index (κ2) is 46.9. The number of aryl methyl sites for hydroxylation is 7. The normalized spacial score (nSPS) is 11.0. The summed E-state index contributed by atoms with van der Waals surface area (Å²) in [6, 6.07) is 82.2. The van der Waals surface area contributed by atoms with E-state index >= 15 is 0 Å². The largest absolute Gasteiger partial charge is 0.481 e. The highest BCUT2D eigenvalue weighted by molar-refractivity contribution is 6.03. The molecule has 726 valence electrons. The number of carbonyl (C=O) groups excluding carboxylic acids is 6. The summed E-state index contributed by atoms with van der Waals surface area (Å²) in [7, 11) is 1.58. The minimum atomic E-state index is -0.661. The quantitative estimate of drug-likeness (QED) is 0.0143. The Labute approximate surface area is 829 Å². The fraction of sp³-hybridized carbons (Fsp3) is 0.148. The first kappa shape index (κ1) is 101. The van der Waals surface area contributed by atoms with Gasteiger partial charge in [-0.05, 0) is 208 Å². The van der Waals surface area contributed by atoms with E-state index in [2.05, 4.69) is 58.1 Å². The number of nitrogens with zero attached hydrogens (tertiary/aromatic N) is 11. The van der Waals surface area contributed by atoms with Gasteiger partial charge in [-0.2, -0.15) is 0 Å². The van der Waals surface area contributed by atoms with E-state index in [0.717, 1.165) is 88.8 Å². The third-order valence-electron chi connectivity index (χ3n) is 24.3. The summed E-state index contributed by atoms with van der Waals surface area (Å²) in [5.41, 5.74) is 17.6. The molecule has 0 aliphatic carbocycles. The van der Waals surface area contributed by atoms with Crippen molar-refractivity contribution in [3.05, 3.63) is 443 Å². The zero-order chi connectivity index (χ0) is 102. The van der Waals surface area contributed by atoms with Gasteiger partial charge < -0.3 is 34.7 Å². The SMILES string of the molecule is CC(C)(C)C(=O)Cc1ncccc1-c1cccc(CCn2cnc3ccc(C(=O)CO)cc3c2=O)c1.COc1ccc(-c2cccc(CCn3cnc4ccc(C(=O)CO)cc4c3=O)c2)cn1.Cc1ccc(-c2nc3cc(C(=O)CO)ccc3c(=O)[nH]2)cc1.O=C(CO)c1ccc2ccn(CCc3cccc(-c4cccnc4)c3)c(=O)c2c1.O=C(NO)c1ccc2ccn(-c3cccc(-c4ccncc4)c3)c(=O)c2c1. The van der Waals surface area contributed by atoms with Gasteiger partial charge in [-0.15, -0.1) is 0 Å². The fourth-order valence-electron chi connectivity index (χ4n) is 16.1. The first-order valence-electron chi connectivity index (χ1n) is 46.2. The summed E-state index contributed by atoms with van der Waals surface area (Å²) in [6.45, 7) is 6.75. The van der Waals surface area contributed by atoms with Crippen molar-refractivity contribution in [2.45, 2.75) is 73.0 Å². The monoisotopic (exact) mass is 1930 g/mol. The number of amides is 1. The summed E-state index contributed by atoms with van der Waals surface area (Å²) in [5.74, 6) is -1.19. The summed E-state index contributed by atoms with van der Waals surface area (Å²) in [5, 5.41) is 48.5. The Bertz CT molecular complexity index is 8390. The molecule has 0 atom stereocenters. The van der Waals surface area contributed by atoms with Crippen molar-refractivity contribution in [3.63, 3.8) is 0 Å². The number of hydroxylamine groups is 1. The zero-order valence-corrected chi connectivity index (χ0v) is 79.6. The summed E-state index contributed by atoms with van der Waals surface area (Å²) < 4.78 is 11.4. The van der Waals surface area contributed by atoms with Gasteiger partial charge in [-0.25, -0.2) is 25.4 Å². The lowest BCUT2D eigenvalue weighted by molar-refractivity contribution is -0.125. The number of aliphatic hydroxyl groups excluding tert-OH is 4. The number of Topliss-reactive ketones (excluding diaryl/α,β-unsaturated/α-hetero) is 5. The van der Waals surface area contributed by atoms with Crippen LogP contribution in [0.3, 0.4) is 0 Å². The van der Waals surface area contributed by atoms with Crippen LogP contribution in [0, 0.1) is 12.3 Å². The van der Waals surface area contributed by atoms with Gasteiger partial charge in [-0.1, -0.05) is 172 Å². The van der Waals surface area contributed by atoms with Crippen molar-refractivity contribution in [3.8, 4) is 67.5 Å². The molecule has 0 aliphatic rings. The minimum absolute atomic E-state index is 0.130. The highest BCUT2D eigenvalue weighted by Gasteiger charge is 2.25. The van der Waals surface area contributed by atoms with Crippen LogP contribution in [0.15, 0.2) is 359 Å². The Morgan fingerprint density at radius 2 is 0.876 bits per heavy atom. The highest BCUT2D eigenvalue weighted by Crippen LogP contribution is 2.31. The lowest BCUT2D eigenvalue weighted by Crippen LogP contribution is -2.22. The number of pyridine rings is 6. The zero-order valence-electron chi connectivity index (χ0n) is 79.6. The van der Waals surface area contributed by atoms with E-state index in [1.165, 1.54) is 56.7 Å². The van der Waals surface area contributed by atoms with Crippen molar-refractivity contribution in [2.75, 3.05) is 33.5 Å². The molecule has 9 aromatic heterocycles. The van der Waals surface area contributed by atoms with Gasteiger partial charge in [0.25, 0.3) is 33.7 Å². The number of aliphatic hydroxyl groups is 4. The standard InChI is InChI=1S/C29H29N3O4.C24H21N3O4.C24H20N2O3.C21H15N3O3.C17H14N2O3/c1-29(2,3)27(35)16-25-22(8-5-12-30-25)20-7-4-6-19(14-20)11-13-32-18-31-24-10-9-21(26(34)17-33)15-23(24)28(32)36;1-31-23-8-6-19(13-25-23)17-4-2-3-16(11-17)9-10-27-15-26-21-7-5-18(22(29)14-28)12-20(21)24(27)30;27-16-23(28)20-7-6-18-9-12-26(24(29)22(18)14-20)11-8-17-3-1-4-19(13-17)21-5-2-10-25-15-21;25-20(23-27)17-5-4-15-8-11-24(21(26)19(15)13-17)18-3-1-2-16(12-18)14-6-9-22-10-7-14;1-10-2-4-11(5-3-10)16-18-14-8-12(15(21)9-20)6-7-13(14)17(22)19-16/h4-10,12,14-15,18,33H,11,13,16-17H2,1-3H3;2-8,11-13,15,28H,9-10,14H2,1H3;1-7,9-10,12-15,27H,8,11,16H2;1-13,27H,(H,23,25);2-8,20H,9H2,1H3,(H,18,19,22). The number of hydrogen-bond donors (Lipinski definition) is 7. The molecule has 19 aromatic rings. The molecule has 30 heteroatoms. The number of aromatic nitrogens is 12. The molecule has 0 radical (unpaired) electrons. The van der Waals surface area contributed by atoms with Gasteiger partial charge in [0.15, 0.2) is 23.1 Å². The van der Waals surface area contributed by atoms with E-state index in [-0.39, 0.29) is 51.1 Å². The van der Waals surface area contributed by atoms with E-state index in [4.69, 9.17) is 30.4 Å². The summed E-state index contributed by atoms with van der Waals surface area (Å²) in [4.78, 5) is 168. The first-order chi connectivity index (χ1) is 70.2. The Morgan fingerprint density at radius 1 is 0.393 bits per heavy atom. The molecule has 0 fully saturated rings. The van der Waals surface area contributed by atoms with Crippen LogP contribution < -0.4 is 38.0 Å². The van der Waals surface area contributed by atoms with Gasteiger partial charge in [0.2, 0.25) is 5.88 Å². The lowest BCUT2D eigenvalue weighted by Gasteiger charge is -2.17. The van der Waals surface area contributed by atoms with Crippen molar-refractivity contribution < 1.29 is 59.1 Å². The third kappa shape index (κ3) is 24.9. The average molecular weight is 1940 g/mol. The number of benzene rings is 10. The molecule has 1 amide bonds. The molecule has 0 aliphatic heterocycles. The number of rotatable bonds is 27. The second-order valence-electron chi connectivity index (χ2n) is 35.0. The van der Waals surface area contributed by atoms with Crippen LogP contribution in [-0.4, -0.2) is 152 Å². The molecule has 10 aromatic carbocycles. The topological polar surface area (TPSA) is 436 Å². The maximum absolute atomic E-state index is 13.0. The van der Waals surface area contributed by atoms with Crippen molar-refractivity contribution in [1.82, 2.24) is 63.6 Å². The number of ether oxygens (including phenoxy) is 1. The second-order valence-corrected chi connectivity index (χ2v) is 35.0. The molecule has 0 saturated carbocycles. The number of nitrogens with one attached hydrogen (secondary N) is 2. The van der Waals surface area contributed by atoms with Crippen LogP contribution in [0.4, 0.5) is 0 Å². The van der Waals surface area contributed by atoms with Gasteiger partial charge >= 0.3 is 0 Å². The smallest absolute Gasteiger partial charge is 0.274 e. The lowest BCUT2D eigenvalue weighted by atomic mass is 9.87. The Kier molecular flexibility index (Phi) is 32.8. The summed E-state index contributed by atoms with van der Waals surface area (Å²) >= 11 is 0. The fourth-order valence-corrected chi connectivity index (χ4v) is 16.1. The van der Waals surface area contributed by atoms with Crippen LogP contribution in [0.5, 0.6) is 5.88 Å². The molecular formula is C115H99N13O17. The van der Waals surface area contributed by atoms with E-state index in [1.807, 2.05) is 198 Å². The molecule has 0 bridgehead atoms. The molecule has 19 rings (SSSR count). The highest BCUT2D eigenvalue weighted by atomic mass is 16.5. The van der Waals surface area contributed by atoms with Crippen molar-refractivity contribution >= 4 is 89.1 Å². The molecule has 7 N–H and O–H groups in total. The molecule has 0 saturated heterocycles. The van der Waals surface area contributed by atoms with Crippen LogP contribution in [0.2, 0.25) is 0 Å². The molecule has 30 nitrogen and oxygen atoms in total. The minimum Gasteiger partial charge on any atom is -0.481 e. The Morgan fingerprint density at radius 3 is 1.43 bits per heavy atom. The third-order valence-corrected chi connectivity index (χ3v) is 24.3. The maximum Gasteiger partial charge on any atom is 0.274 e. The molecule has 145 heavy (non-hydrogen) atoms. The summed E-state index contributed by atoms with van der Waals surface area (Å²) in [6.07, 6.45) is 19.2. The number of carbonyl (C=O) groups is 6. The predicted octanol–water partition coefficient (Wildman–Crippen LogP) is 15.6. The van der Waals surface area contributed by atoms with Crippen molar-refractivity contribution in [1.29, 1.82) is 0 Å². The van der Waals surface area contributed by atoms with Gasteiger partial charge in [0, 0.05) is 148 Å². The Hall–Kier alpha value is -17.9. The van der Waals surface area contributed by atoms with E-state index in [9.17, 15) is 52.7 Å². The number of ketones is 5. The van der Waals surface area contributed by atoms with Gasteiger partial charge in [0.05, 0.1) is 58.2 Å². The van der Waals surface area contributed by atoms with Crippen LogP contribution in [0.1, 0.15) is 101 Å². The van der Waals surface area contributed by atoms with E-state index in [1.54, 1.807) is 121 Å². The van der Waals surface area contributed by atoms with Crippen LogP contribution in [-0.2, 0) is 50.1 Å². The number of aromatic amines is 1. The van der Waals surface area contributed by atoms with E-state index < -0.39 is 60.9 Å². The molecular weight excluding hydrogens is 1840 g/mol. The first-order valence-corrected chi connectivity index (χ1v) is 46.2. The maximum atomic E-state index is 13.0. The number of fused-ring (bicyclic) bond motifs is 5. The average Bonchev–Trinajstić information content (AvgIpc) is 0.773. The van der Waals surface area contributed by atoms with Crippen molar-refractivity contribution in [2.24, 2.45) is 5.41 Å². The molecule has 0 spiro atoms. The number of hydrogen-bond acceptors (Lipinski definition) is 24. The Balaban J connectivity index is 0.000000137. The van der Waals surface area contributed by atoms with Crippen LogP contribution >= 0.6 is 0 Å². The number of H-pyrrole nitrogens is 1. The van der Waals surface area contributed by atoms with Crippen LogP contribution in [0.25, 0.3) is 116 Å².